The zero-order valence-electron chi connectivity index (χ0n) is 52.1. The molecule has 6 heterocycles. The van der Waals surface area contributed by atoms with Crippen molar-refractivity contribution >= 4 is 126 Å². The molecule has 0 aliphatic rings. The maximum absolute atomic E-state index is 12.2. The first kappa shape index (κ1) is 72.3. The predicted molar refractivity (Wildman–Crippen MR) is 372 cm³/mol. The molecule has 0 unspecified atom stereocenters. The number of fused-ring (bicyclic) bond motifs is 9. The van der Waals surface area contributed by atoms with Crippen LogP contribution in [0, 0.1) is 0 Å². The molecular formula is C72H42N6O18RuS6-2. The van der Waals surface area contributed by atoms with Crippen LogP contribution in [0.5, 0.6) is 0 Å². The fraction of sp³-hybridized carbons (Fsp3) is 0. The van der Waals surface area contributed by atoms with Crippen molar-refractivity contribution in [2.45, 2.75) is 29.8 Å². The molecule has 0 fully saturated rings. The average Bonchev–Trinajstić information content (AvgIpc) is 0.736. The first-order valence-electron chi connectivity index (χ1n) is 29.8. The maximum atomic E-state index is 12.2. The fourth-order valence-electron chi connectivity index (χ4n) is 12.2. The Kier molecular flexibility index (Phi) is 19.7. The monoisotopic (exact) mass is 1570 g/mol. The van der Waals surface area contributed by atoms with E-state index in [0.717, 1.165) is 33.4 Å². The second-order valence-electron chi connectivity index (χ2n) is 22.4. The van der Waals surface area contributed by atoms with E-state index in [1.807, 2.05) is 91.0 Å². The molecule has 0 amide bonds. The maximum Gasteiger partial charge on any atom is 4.00 e. The molecule has 514 valence electrons. The predicted octanol–water partition coefficient (Wildman–Crippen LogP) is 11.8. The number of hydrogen-bond donors (Lipinski definition) is 0. The summed E-state index contributed by atoms with van der Waals surface area (Å²) >= 11 is 0. The van der Waals surface area contributed by atoms with E-state index in [9.17, 15) is 77.8 Å². The summed E-state index contributed by atoms with van der Waals surface area (Å²) in [5.74, 6) is 0. The van der Waals surface area contributed by atoms with E-state index >= 15 is 0 Å². The standard InChI is InChI=1S/3C24H16N2O6S2.Ru/c3*27-33(28,29)23-20(16-9-5-2-6-10-16)19-12-11-18-17(15-7-3-1-4-8-15)13-14-25-21(18)22(19)26-24(23)34(30,31)32;/h3*1-14H,(H,27,28,29)(H,30,31,32);/q;;;+4/p-6. The van der Waals surface area contributed by atoms with Crippen LogP contribution in [0.25, 0.3) is 132 Å². The van der Waals surface area contributed by atoms with E-state index in [0.29, 0.717) is 16.2 Å². The summed E-state index contributed by atoms with van der Waals surface area (Å²) in [5.41, 5.74) is 5.83. The Balaban J connectivity index is 0.000000145. The van der Waals surface area contributed by atoms with Crippen molar-refractivity contribution in [2.75, 3.05) is 0 Å². The summed E-state index contributed by atoms with van der Waals surface area (Å²) in [6, 6.07) is 66.9. The van der Waals surface area contributed by atoms with E-state index in [1.165, 1.54) is 55.0 Å². The van der Waals surface area contributed by atoms with E-state index in [1.54, 1.807) is 109 Å². The smallest absolute Gasteiger partial charge is 0.744 e. The second-order valence-corrected chi connectivity index (χ2v) is 30.3. The van der Waals surface area contributed by atoms with Gasteiger partial charge in [0.1, 0.15) is 60.7 Å². The van der Waals surface area contributed by atoms with Gasteiger partial charge in [0, 0.05) is 67.6 Å². The molecule has 15 aromatic rings. The van der Waals surface area contributed by atoms with E-state index < -0.39 is 90.5 Å². The summed E-state index contributed by atoms with van der Waals surface area (Å²) in [6.45, 7) is 0. The van der Waals surface area contributed by atoms with Gasteiger partial charge in [-0.25, -0.2) is 65.5 Å². The number of aromatic nitrogens is 6. The Morgan fingerprint density at radius 3 is 0.602 bits per heavy atom. The van der Waals surface area contributed by atoms with Crippen LogP contribution < -0.4 is 0 Å². The third-order valence-corrected chi connectivity index (χ3v) is 21.7. The van der Waals surface area contributed by atoms with Crippen LogP contribution in [-0.2, 0) is 80.2 Å². The van der Waals surface area contributed by atoms with Crippen molar-refractivity contribution in [1.29, 1.82) is 0 Å². The van der Waals surface area contributed by atoms with E-state index in [-0.39, 0.29) is 102 Å². The molecule has 0 atom stereocenters. The Labute approximate surface area is 600 Å². The number of rotatable bonds is 12. The Hall–Kier alpha value is -10.5. The molecule has 0 saturated heterocycles. The van der Waals surface area contributed by atoms with Crippen LogP contribution in [0.4, 0.5) is 0 Å². The molecule has 0 N–H and O–H groups in total. The van der Waals surface area contributed by atoms with Crippen molar-refractivity contribution in [3.63, 3.8) is 0 Å². The molecule has 31 heteroatoms. The first-order valence-corrected chi connectivity index (χ1v) is 38.3. The number of pyridine rings is 6. The quantitative estimate of drug-likeness (QED) is 0.0623. The molecule has 9 aromatic carbocycles. The second kappa shape index (κ2) is 28.0. The molecule has 6 aromatic heterocycles. The SMILES string of the molecule is O=S(=O)([O-])c1nc2c(ccc3c(-c4ccccc4)ccnc32)c(-c2ccccc2)c1S(=O)(=O)[O-].O=S(=O)([O-])c1nc2c(ccc3c(-c4ccccc4)ccnc32)c(-c2ccccc2)c1S(=O)(=O)[O-].O=S(=O)([O-])c1nc2c(ccc3c(-c4ccccc4)ccnc32)c(-c2ccccc2)c1S(=O)(=O)[O-].[Ru+4]. The molecular weight excluding hydrogens is 1530 g/mol. The van der Waals surface area contributed by atoms with Gasteiger partial charge in [0.2, 0.25) is 0 Å². The third kappa shape index (κ3) is 14.3. The number of nitrogens with zero attached hydrogens (tertiary/aromatic N) is 6. The van der Waals surface area contributed by atoms with Crippen LogP contribution in [0.2, 0.25) is 0 Å². The van der Waals surface area contributed by atoms with Crippen LogP contribution in [-0.4, -0.2) is 108 Å². The number of benzene rings is 9. The van der Waals surface area contributed by atoms with Crippen molar-refractivity contribution in [3.8, 4) is 66.8 Å². The van der Waals surface area contributed by atoms with Gasteiger partial charge < -0.3 is 27.3 Å². The van der Waals surface area contributed by atoms with Gasteiger partial charge in [0.15, 0.2) is 15.1 Å². The molecule has 0 bridgehead atoms. The Morgan fingerprint density at radius 1 is 0.214 bits per heavy atom. The molecule has 15 rings (SSSR count). The summed E-state index contributed by atoms with van der Waals surface area (Å²) in [5, 5.41) is -1.65. The minimum Gasteiger partial charge on any atom is -0.744 e. The fourth-order valence-corrected chi connectivity index (χ4v) is 17.8. The van der Waals surface area contributed by atoms with Gasteiger partial charge in [0.25, 0.3) is 0 Å². The molecule has 0 saturated carbocycles. The first-order chi connectivity index (χ1) is 48.5. The van der Waals surface area contributed by atoms with Crippen LogP contribution in [0.15, 0.2) is 285 Å². The molecule has 0 aliphatic carbocycles. The van der Waals surface area contributed by atoms with Gasteiger partial charge in [0.05, 0.1) is 47.8 Å². The van der Waals surface area contributed by atoms with Gasteiger partial charge in [-0.2, -0.15) is 0 Å². The topological polar surface area (TPSA) is 421 Å². The molecule has 0 aliphatic heterocycles. The largest absolute Gasteiger partial charge is 4.00 e. The van der Waals surface area contributed by atoms with Crippen molar-refractivity contribution in [2.24, 2.45) is 0 Å². The van der Waals surface area contributed by atoms with Crippen molar-refractivity contribution < 1.29 is 97.3 Å². The molecule has 24 nitrogen and oxygen atoms in total. The zero-order valence-corrected chi connectivity index (χ0v) is 58.7. The summed E-state index contributed by atoms with van der Waals surface area (Å²) in [6.07, 6.45) is 4.53. The third-order valence-electron chi connectivity index (χ3n) is 16.3. The van der Waals surface area contributed by atoms with Crippen molar-refractivity contribution in [1.82, 2.24) is 29.9 Å². The zero-order chi connectivity index (χ0) is 72.3. The van der Waals surface area contributed by atoms with Gasteiger partial charge in [-0.15, -0.1) is 0 Å². The van der Waals surface area contributed by atoms with E-state index in [4.69, 9.17) is 0 Å². The Morgan fingerprint density at radius 2 is 0.408 bits per heavy atom. The van der Waals surface area contributed by atoms with Gasteiger partial charge in [-0.1, -0.05) is 218 Å². The molecule has 0 radical (unpaired) electrons. The van der Waals surface area contributed by atoms with Crippen LogP contribution >= 0.6 is 0 Å². The van der Waals surface area contributed by atoms with Crippen molar-refractivity contribution in [3.05, 3.63) is 255 Å². The van der Waals surface area contributed by atoms with Crippen LogP contribution in [0.1, 0.15) is 0 Å². The summed E-state index contributed by atoms with van der Waals surface area (Å²) < 4.78 is 219. The van der Waals surface area contributed by atoms with Crippen LogP contribution in [0.3, 0.4) is 0 Å². The minimum atomic E-state index is -5.44. The average molecular weight is 1570 g/mol. The molecule has 103 heavy (non-hydrogen) atoms. The summed E-state index contributed by atoms with van der Waals surface area (Å²) in [4.78, 5) is 21.3. The minimum absolute atomic E-state index is 0. The summed E-state index contributed by atoms with van der Waals surface area (Å²) in [7, 11) is -32.5. The normalized spacial score (nSPS) is 12.2. The van der Waals surface area contributed by atoms with E-state index in [2.05, 4.69) is 29.9 Å². The van der Waals surface area contributed by atoms with Gasteiger partial charge in [-0.05, 0) is 68.3 Å². The van der Waals surface area contributed by atoms with Gasteiger partial charge in [-0.3, -0.25) is 15.0 Å². The van der Waals surface area contributed by atoms with Gasteiger partial charge >= 0.3 is 19.5 Å². The molecule has 0 spiro atoms. The Bertz CT molecular complexity index is 6020. The number of hydrogen-bond acceptors (Lipinski definition) is 24.